The van der Waals surface area contributed by atoms with E-state index in [4.69, 9.17) is 33.7 Å². The van der Waals surface area contributed by atoms with Gasteiger partial charge in [-0.2, -0.15) is 5.10 Å². The molecule has 4 rings (SSSR count). The summed E-state index contributed by atoms with van der Waals surface area (Å²) in [5, 5.41) is 7.41. The maximum Gasteiger partial charge on any atom is 0.222 e. The third-order valence-corrected chi connectivity index (χ3v) is 5.91. The lowest BCUT2D eigenvalue weighted by Crippen LogP contribution is -2.34. The number of nitrogen functional groups attached to an aromatic ring is 1. The van der Waals surface area contributed by atoms with Crippen molar-refractivity contribution < 1.29 is 13.9 Å². The molecule has 7 nitrogen and oxygen atoms in total. The number of rotatable bonds is 5. The second-order valence-electron chi connectivity index (χ2n) is 7.33. The number of carbonyl (C=O) groups is 1. The fourth-order valence-electron chi connectivity index (χ4n) is 3.55. The molecular formula is C21H20Cl2FN5O2. The minimum Gasteiger partial charge on any atom is -0.482 e. The number of benzene rings is 1. The maximum atomic E-state index is 13.9. The summed E-state index contributed by atoms with van der Waals surface area (Å²) in [7, 11) is 0. The number of hydrogen-bond acceptors (Lipinski definition) is 5. The van der Waals surface area contributed by atoms with E-state index < -0.39 is 11.9 Å². The van der Waals surface area contributed by atoms with Crippen LogP contribution in [-0.2, 0) is 4.79 Å². The lowest BCUT2D eigenvalue weighted by Gasteiger charge is -2.22. The Morgan fingerprint density at radius 2 is 2.13 bits per heavy atom. The Bertz CT molecular complexity index is 1140. The van der Waals surface area contributed by atoms with Crippen LogP contribution in [0.4, 0.5) is 10.2 Å². The molecule has 3 aromatic rings. The van der Waals surface area contributed by atoms with Crippen LogP contribution in [0.2, 0.25) is 10.0 Å². The molecule has 0 spiro atoms. The summed E-state index contributed by atoms with van der Waals surface area (Å²) >= 11 is 12.3. The minimum atomic E-state index is -0.668. The van der Waals surface area contributed by atoms with E-state index in [1.165, 1.54) is 12.1 Å². The molecule has 1 fully saturated rings. The van der Waals surface area contributed by atoms with E-state index in [2.05, 4.69) is 15.4 Å². The quantitative estimate of drug-likeness (QED) is 0.540. The van der Waals surface area contributed by atoms with Gasteiger partial charge in [0.25, 0.3) is 0 Å². The minimum absolute atomic E-state index is 0.0113. The van der Waals surface area contributed by atoms with Crippen molar-refractivity contribution >= 4 is 34.9 Å². The molecule has 3 heterocycles. The zero-order chi connectivity index (χ0) is 22.1. The van der Waals surface area contributed by atoms with Gasteiger partial charge >= 0.3 is 0 Å². The smallest absolute Gasteiger partial charge is 0.222 e. The van der Waals surface area contributed by atoms with Crippen LogP contribution in [0.3, 0.4) is 0 Å². The number of piperidine rings is 1. The van der Waals surface area contributed by atoms with E-state index in [0.29, 0.717) is 29.3 Å². The maximum absolute atomic E-state index is 13.9. The Morgan fingerprint density at radius 3 is 2.90 bits per heavy atom. The van der Waals surface area contributed by atoms with Gasteiger partial charge in [-0.05, 0) is 31.5 Å². The van der Waals surface area contributed by atoms with Gasteiger partial charge in [-0.15, -0.1) is 0 Å². The van der Waals surface area contributed by atoms with Crippen molar-refractivity contribution in [3.05, 3.63) is 58.2 Å². The fraction of sp³-hybridized carbons (Fsp3) is 0.286. The van der Waals surface area contributed by atoms with Crippen molar-refractivity contribution in [1.82, 2.24) is 20.1 Å². The molecule has 1 aliphatic rings. The average molecular weight is 464 g/mol. The number of anilines is 1. The van der Waals surface area contributed by atoms with E-state index >= 15 is 0 Å². The second-order valence-corrected chi connectivity index (χ2v) is 8.12. The third-order valence-electron chi connectivity index (χ3n) is 5.20. The lowest BCUT2D eigenvalue weighted by molar-refractivity contribution is -0.123. The van der Waals surface area contributed by atoms with Gasteiger partial charge in [-0.1, -0.05) is 23.2 Å². The number of amides is 1. The summed E-state index contributed by atoms with van der Waals surface area (Å²) in [5.41, 5.74) is 7.87. The average Bonchev–Trinajstić information content (AvgIpc) is 3.23. The highest BCUT2D eigenvalue weighted by molar-refractivity contribution is 6.36. The highest BCUT2D eigenvalue weighted by atomic mass is 35.5. The van der Waals surface area contributed by atoms with Gasteiger partial charge in [0.05, 0.1) is 17.3 Å². The summed E-state index contributed by atoms with van der Waals surface area (Å²) in [5.74, 6) is -0.0799. The van der Waals surface area contributed by atoms with Crippen LogP contribution < -0.4 is 15.8 Å². The van der Waals surface area contributed by atoms with Crippen LogP contribution in [0.1, 0.15) is 37.5 Å². The Labute approximate surface area is 188 Å². The highest BCUT2D eigenvalue weighted by Crippen LogP contribution is 2.37. The van der Waals surface area contributed by atoms with Gasteiger partial charge in [-0.3, -0.25) is 9.48 Å². The molecule has 3 N–H and O–H groups in total. The van der Waals surface area contributed by atoms with Crippen LogP contribution in [0.15, 0.2) is 36.8 Å². The molecule has 1 aromatic carbocycles. The van der Waals surface area contributed by atoms with Crippen molar-refractivity contribution in [3.8, 4) is 16.9 Å². The summed E-state index contributed by atoms with van der Waals surface area (Å²) < 4.78 is 21.6. The number of nitrogens with zero attached hydrogens (tertiary/aromatic N) is 3. The van der Waals surface area contributed by atoms with Crippen molar-refractivity contribution in [2.75, 3.05) is 12.3 Å². The summed E-state index contributed by atoms with van der Waals surface area (Å²) in [6, 6.07) is 4.37. The number of pyridine rings is 1. The van der Waals surface area contributed by atoms with Gasteiger partial charge in [0.1, 0.15) is 11.9 Å². The van der Waals surface area contributed by atoms with E-state index in [9.17, 15) is 9.18 Å². The first-order valence-corrected chi connectivity index (χ1v) is 10.5. The normalized spacial score (nSPS) is 17.3. The van der Waals surface area contributed by atoms with Gasteiger partial charge < -0.3 is 15.8 Å². The first-order valence-electron chi connectivity index (χ1n) is 9.70. The number of nitrogens with two attached hydrogens (primary N) is 1. The van der Waals surface area contributed by atoms with Crippen molar-refractivity contribution in [2.45, 2.75) is 31.9 Å². The van der Waals surface area contributed by atoms with Gasteiger partial charge in [0.15, 0.2) is 11.6 Å². The summed E-state index contributed by atoms with van der Waals surface area (Å²) in [6.07, 6.45) is 5.72. The summed E-state index contributed by atoms with van der Waals surface area (Å²) in [4.78, 5) is 15.9. The zero-order valence-electron chi connectivity index (χ0n) is 16.6. The van der Waals surface area contributed by atoms with Crippen LogP contribution >= 0.6 is 23.2 Å². The van der Waals surface area contributed by atoms with E-state index in [-0.39, 0.29) is 22.8 Å². The fourth-order valence-corrected chi connectivity index (χ4v) is 4.23. The van der Waals surface area contributed by atoms with Crippen LogP contribution in [0, 0.1) is 5.82 Å². The molecule has 2 aromatic heterocycles. The third kappa shape index (κ3) is 4.45. The second kappa shape index (κ2) is 8.72. The van der Waals surface area contributed by atoms with Gasteiger partial charge in [0.2, 0.25) is 5.91 Å². The Balaban J connectivity index is 1.58. The predicted molar refractivity (Wildman–Crippen MR) is 117 cm³/mol. The van der Waals surface area contributed by atoms with E-state index in [0.717, 1.165) is 17.5 Å². The standard InChI is InChI=1S/C21H20Cl2FN5O2/c1-11(19-15(22)2-3-16(24)20(19)23)31-17-6-12(8-27-21(17)25)13-9-28-29(10-13)14-4-5-26-18(30)7-14/h2-3,6,8-11,14H,4-5,7H2,1H3,(H2,25,27)(H,26,30)/t11-,14?/m1/s1. The Morgan fingerprint density at radius 1 is 1.32 bits per heavy atom. The largest absolute Gasteiger partial charge is 0.482 e. The van der Waals surface area contributed by atoms with E-state index in [1.54, 1.807) is 30.1 Å². The molecule has 0 saturated carbocycles. The van der Waals surface area contributed by atoms with Gasteiger partial charge in [0, 0.05) is 47.1 Å². The van der Waals surface area contributed by atoms with Crippen LogP contribution in [0.25, 0.3) is 11.1 Å². The predicted octanol–water partition coefficient (Wildman–Crippen LogP) is 4.56. The van der Waals surface area contributed by atoms with Crippen LogP contribution in [0.5, 0.6) is 5.75 Å². The molecule has 1 saturated heterocycles. The molecule has 0 aliphatic carbocycles. The molecule has 1 amide bonds. The molecule has 0 radical (unpaired) electrons. The molecular weight excluding hydrogens is 444 g/mol. The Hall–Kier alpha value is -2.84. The number of carbonyl (C=O) groups excluding carboxylic acids is 1. The molecule has 1 aliphatic heterocycles. The monoisotopic (exact) mass is 463 g/mol. The molecule has 10 heteroatoms. The van der Waals surface area contributed by atoms with Gasteiger partial charge in [-0.25, -0.2) is 9.37 Å². The highest BCUT2D eigenvalue weighted by Gasteiger charge is 2.22. The number of hydrogen-bond donors (Lipinski definition) is 2. The topological polar surface area (TPSA) is 95.1 Å². The summed E-state index contributed by atoms with van der Waals surface area (Å²) in [6.45, 7) is 2.33. The Kier molecular flexibility index (Phi) is 6.02. The van der Waals surface area contributed by atoms with Crippen molar-refractivity contribution in [3.63, 3.8) is 0 Å². The molecule has 31 heavy (non-hydrogen) atoms. The first kappa shape index (κ1) is 21.4. The number of ether oxygens (including phenoxy) is 1. The van der Waals surface area contributed by atoms with E-state index in [1.807, 2.05) is 6.20 Å². The molecule has 2 atom stereocenters. The van der Waals surface area contributed by atoms with Crippen molar-refractivity contribution in [2.24, 2.45) is 0 Å². The molecule has 0 bridgehead atoms. The molecule has 162 valence electrons. The number of aromatic nitrogens is 3. The first-order chi connectivity index (χ1) is 14.8. The number of halogens is 3. The molecule has 1 unspecified atom stereocenters. The van der Waals surface area contributed by atoms with Crippen LogP contribution in [-0.4, -0.2) is 27.2 Å². The number of nitrogens with one attached hydrogen (secondary N) is 1. The lowest BCUT2D eigenvalue weighted by atomic mass is 10.1. The van der Waals surface area contributed by atoms with Crippen molar-refractivity contribution in [1.29, 1.82) is 0 Å². The zero-order valence-corrected chi connectivity index (χ0v) is 18.1. The SMILES string of the molecule is C[C@@H](Oc1cc(-c2cnn(C3CCNC(=O)C3)c2)cnc1N)c1c(Cl)ccc(F)c1Cl.